The second kappa shape index (κ2) is 3.82. The van der Waals surface area contributed by atoms with Crippen molar-refractivity contribution in [2.45, 2.75) is 6.92 Å². The van der Waals surface area contributed by atoms with E-state index in [9.17, 15) is 14.9 Å². The van der Waals surface area contributed by atoms with Gasteiger partial charge in [-0.1, -0.05) is 0 Å². The predicted molar refractivity (Wildman–Crippen MR) is 49.0 cm³/mol. The number of aromatic nitrogens is 1. The molecule has 0 spiro atoms. The van der Waals surface area contributed by atoms with Crippen LogP contribution in [-0.4, -0.2) is 22.9 Å². The fraction of sp³-hybridized carbons (Fsp3) is 0.250. The average Bonchev–Trinajstić information content (AvgIpc) is 2.16. The van der Waals surface area contributed by atoms with Gasteiger partial charge in [-0.15, -0.1) is 0 Å². The third-order valence-corrected chi connectivity index (χ3v) is 1.82. The summed E-state index contributed by atoms with van der Waals surface area (Å²) in [5.74, 6) is -0.640. The van der Waals surface area contributed by atoms with E-state index in [1.165, 1.54) is 26.2 Å². The molecule has 74 valence electrons. The molecule has 1 rings (SSSR count). The molecule has 1 aromatic heterocycles. The average molecular weight is 195 g/mol. The Morgan fingerprint density at radius 3 is 2.79 bits per heavy atom. The summed E-state index contributed by atoms with van der Waals surface area (Å²) in [4.78, 5) is 24.7. The van der Waals surface area contributed by atoms with Gasteiger partial charge in [0.05, 0.1) is 11.1 Å². The molecule has 1 N–H and O–H groups in total. The van der Waals surface area contributed by atoms with Gasteiger partial charge in [-0.25, -0.2) is 0 Å². The number of nitrogens with zero attached hydrogens (tertiary/aromatic N) is 2. The number of nitro groups is 1. The summed E-state index contributed by atoms with van der Waals surface area (Å²) in [6.07, 6.45) is 1.25. The number of nitrogens with one attached hydrogen (secondary N) is 1. The van der Waals surface area contributed by atoms with Crippen LogP contribution in [0.4, 0.5) is 5.82 Å². The summed E-state index contributed by atoms with van der Waals surface area (Å²) < 4.78 is 0. The van der Waals surface area contributed by atoms with Crippen molar-refractivity contribution in [2.24, 2.45) is 0 Å². The van der Waals surface area contributed by atoms with Crippen molar-refractivity contribution in [3.05, 3.63) is 33.5 Å². The van der Waals surface area contributed by atoms with Crippen molar-refractivity contribution < 1.29 is 9.72 Å². The van der Waals surface area contributed by atoms with E-state index in [-0.39, 0.29) is 22.9 Å². The van der Waals surface area contributed by atoms with Crippen molar-refractivity contribution in [3.63, 3.8) is 0 Å². The summed E-state index contributed by atoms with van der Waals surface area (Å²) in [6.45, 7) is 1.50. The maximum atomic E-state index is 11.2. The maximum absolute atomic E-state index is 11.2. The van der Waals surface area contributed by atoms with Gasteiger partial charge in [0.15, 0.2) is 0 Å². The summed E-state index contributed by atoms with van der Waals surface area (Å²) in [5, 5.41) is 12.9. The second-order valence-electron chi connectivity index (χ2n) is 2.64. The molecular formula is C8H9N3O3. The molecule has 6 nitrogen and oxygen atoms in total. The molecule has 1 heterocycles. The van der Waals surface area contributed by atoms with Crippen molar-refractivity contribution in [2.75, 3.05) is 7.05 Å². The van der Waals surface area contributed by atoms with Crippen molar-refractivity contribution in [1.82, 2.24) is 10.3 Å². The Labute approximate surface area is 80.1 Å². The van der Waals surface area contributed by atoms with Gasteiger partial charge in [-0.2, -0.15) is 0 Å². The third kappa shape index (κ3) is 1.68. The minimum absolute atomic E-state index is 0.272. The Morgan fingerprint density at radius 1 is 1.64 bits per heavy atom. The highest BCUT2D eigenvalue weighted by Crippen LogP contribution is 2.17. The number of rotatable bonds is 2. The van der Waals surface area contributed by atoms with E-state index in [0.29, 0.717) is 0 Å². The highest BCUT2D eigenvalue weighted by Gasteiger charge is 2.18. The van der Waals surface area contributed by atoms with Crippen LogP contribution in [0.15, 0.2) is 12.3 Å². The first-order valence-electron chi connectivity index (χ1n) is 3.90. The molecule has 14 heavy (non-hydrogen) atoms. The van der Waals surface area contributed by atoms with Gasteiger partial charge < -0.3 is 15.4 Å². The smallest absolute Gasteiger partial charge is 0.358 e. The molecule has 0 saturated carbocycles. The van der Waals surface area contributed by atoms with Gasteiger partial charge in [-0.05, 0) is 22.9 Å². The largest absolute Gasteiger partial charge is 0.367 e. The molecule has 0 unspecified atom stereocenters. The van der Waals surface area contributed by atoms with Crippen molar-refractivity contribution in [1.29, 1.82) is 0 Å². The monoisotopic (exact) mass is 195 g/mol. The fourth-order valence-corrected chi connectivity index (χ4v) is 1.09. The van der Waals surface area contributed by atoms with E-state index in [1.54, 1.807) is 0 Å². The summed E-state index contributed by atoms with van der Waals surface area (Å²) in [6, 6.07) is 1.45. The minimum atomic E-state index is -0.609. The topological polar surface area (TPSA) is 85.1 Å². The van der Waals surface area contributed by atoms with Gasteiger partial charge in [0.1, 0.15) is 6.20 Å². The number of carbonyl (C=O) groups excluding carboxylic acids is 1. The number of pyridine rings is 1. The zero-order valence-corrected chi connectivity index (χ0v) is 7.77. The van der Waals surface area contributed by atoms with Crippen LogP contribution < -0.4 is 5.32 Å². The lowest BCUT2D eigenvalue weighted by Gasteiger charge is -2.02. The molecule has 0 saturated heterocycles. The van der Waals surface area contributed by atoms with E-state index in [1.807, 2.05) is 0 Å². The summed E-state index contributed by atoms with van der Waals surface area (Å²) in [7, 11) is 1.47. The standard InChI is InChI=1S/C8H9N3O3/c1-5-6(8(12)9-2)3-4-10-7(5)11(13)14/h3-4H,1-2H3,(H,9,12). The van der Waals surface area contributed by atoms with Crippen LogP contribution in [0.2, 0.25) is 0 Å². The molecule has 6 heteroatoms. The van der Waals surface area contributed by atoms with Crippen molar-refractivity contribution in [3.8, 4) is 0 Å². The van der Waals surface area contributed by atoms with Gasteiger partial charge in [0, 0.05) is 7.05 Å². The second-order valence-corrected chi connectivity index (χ2v) is 2.64. The van der Waals surface area contributed by atoms with E-state index in [0.717, 1.165) is 0 Å². The minimum Gasteiger partial charge on any atom is -0.358 e. The molecule has 0 radical (unpaired) electrons. The van der Waals surface area contributed by atoms with Gasteiger partial charge >= 0.3 is 5.82 Å². The van der Waals surface area contributed by atoms with Crippen LogP contribution in [0.5, 0.6) is 0 Å². The molecule has 0 fully saturated rings. The lowest BCUT2D eigenvalue weighted by atomic mass is 10.1. The number of carbonyl (C=O) groups is 1. The lowest BCUT2D eigenvalue weighted by molar-refractivity contribution is -0.390. The molecule has 0 aliphatic rings. The lowest BCUT2D eigenvalue weighted by Crippen LogP contribution is -2.19. The predicted octanol–water partition coefficient (Wildman–Crippen LogP) is 0.658. The molecule has 1 aromatic rings. The van der Waals surface area contributed by atoms with Crippen LogP contribution in [0.1, 0.15) is 15.9 Å². The van der Waals surface area contributed by atoms with E-state index >= 15 is 0 Å². The zero-order valence-electron chi connectivity index (χ0n) is 7.77. The van der Waals surface area contributed by atoms with Crippen LogP contribution >= 0.6 is 0 Å². The molecule has 0 atom stereocenters. The molecule has 1 amide bonds. The van der Waals surface area contributed by atoms with Crippen LogP contribution in [0.25, 0.3) is 0 Å². The Bertz CT molecular complexity index is 389. The summed E-state index contributed by atoms with van der Waals surface area (Å²) in [5.41, 5.74) is 0.547. The van der Waals surface area contributed by atoms with E-state index in [4.69, 9.17) is 0 Å². The molecule has 0 aromatic carbocycles. The van der Waals surface area contributed by atoms with Gasteiger partial charge in [0.25, 0.3) is 5.91 Å². The third-order valence-electron chi connectivity index (χ3n) is 1.82. The van der Waals surface area contributed by atoms with Crippen molar-refractivity contribution >= 4 is 11.7 Å². The van der Waals surface area contributed by atoms with Crippen LogP contribution in [0, 0.1) is 17.0 Å². The number of amides is 1. The first-order valence-corrected chi connectivity index (χ1v) is 3.90. The highest BCUT2D eigenvalue weighted by molar-refractivity contribution is 5.96. The first-order chi connectivity index (χ1) is 6.57. The number of hydrogen-bond acceptors (Lipinski definition) is 4. The van der Waals surface area contributed by atoms with Gasteiger partial charge in [-0.3, -0.25) is 4.79 Å². The Morgan fingerprint density at radius 2 is 2.29 bits per heavy atom. The number of hydrogen-bond donors (Lipinski definition) is 1. The Kier molecular flexibility index (Phi) is 2.76. The molecule has 0 aliphatic heterocycles. The Hall–Kier alpha value is -1.98. The molecule has 0 bridgehead atoms. The van der Waals surface area contributed by atoms with E-state index in [2.05, 4.69) is 10.3 Å². The normalized spacial score (nSPS) is 9.57. The highest BCUT2D eigenvalue weighted by atomic mass is 16.6. The Balaban J connectivity index is 3.27. The molecule has 0 aliphatic carbocycles. The summed E-state index contributed by atoms with van der Waals surface area (Å²) >= 11 is 0. The van der Waals surface area contributed by atoms with Gasteiger partial charge in [0.2, 0.25) is 0 Å². The van der Waals surface area contributed by atoms with E-state index < -0.39 is 4.92 Å². The maximum Gasteiger partial charge on any atom is 0.367 e. The molecular weight excluding hydrogens is 186 g/mol. The van der Waals surface area contributed by atoms with Crippen LogP contribution in [-0.2, 0) is 0 Å². The first kappa shape index (κ1) is 10.1. The SMILES string of the molecule is CNC(=O)c1ccnc([N+](=O)[O-])c1C. The van der Waals surface area contributed by atoms with Crippen LogP contribution in [0.3, 0.4) is 0 Å². The zero-order chi connectivity index (χ0) is 10.7. The fourth-order valence-electron chi connectivity index (χ4n) is 1.09. The quantitative estimate of drug-likeness (QED) is 0.554.